The minimum atomic E-state index is -0.531. The molecule has 0 aromatic heterocycles. The number of aryl methyl sites for hydroxylation is 1. The van der Waals surface area contributed by atoms with Crippen molar-refractivity contribution in [2.24, 2.45) is 0 Å². The number of rotatable bonds is 6. The van der Waals surface area contributed by atoms with Gasteiger partial charge in [0.05, 0.1) is 12.1 Å². The Morgan fingerprint density at radius 1 is 1.29 bits per heavy atom. The number of nitrogens with one attached hydrogen (secondary N) is 1. The van der Waals surface area contributed by atoms with Crippen molar-refractivity contribution in [3.05, 3.63) is 57.6 Å². The molecular weight excluding hydrogens is 378 g/mol. The van der Waals surface area contributed by atoms with Crippen LogP contribution in [0.2, 0.25) is 5.02 Å². The summed E-state index contributed by atoms with van der Waals surface area (Å²) in [5.74, 6) is -0.0152. The quantitative estimate of drug-likeness (QED) is 0.577. The number of hydrogen-bond acceptors (Lipinski definition) is 5. The van der Waals surface area contributed by atoms with Crippen molar-refractivity contribution < 1.29 is 14.3 Å². The second-order valence-electron chi connectivity index (χ2n) is 5.85. The summed E-state index contributed by atoms with van der Waals surface area (Å²) in [6, 6.07) is 12.4. The lowest BCUT2D eigenvalue weighted by atomic mass is 10.1. The number of halogens is 1. The van der Waals surface area contributed by atoms with Crippen molar-refractivity contribution in [1.82, 2.24) is 0 Å². The first-order valence-electron chi connectivity index (χ1n) is 8.28. The largest absolute Gasteiger partial charge is 0.493 e. The number of amides is 1. The maximum absolute atomic E-state index is 12.5. The molecule has 0 atom stereocenters. The third-order valence-electron chi connectivity index (χ3n) is 4.06. The van der Waals surface area contributed by atoms with E-state index in [2.05, 4.69) is 5.32 Å². The Kier molecular flexibility index (Phi) is 7.03. The summed E-state index contributed by atoms with van der Waals surface area (Å²) >= 11 is 6.20. The van der Waals surface area contributed by atoms with Gasteiger partial charge in [0.2, 0.25) is 0 Å². The van der Waals surface area contributed by atoms with Gasteiger partial charge < -0.3 is 14.8 Å². The molecule has 2 aromatic rings. The van der Waals surface area contributed by atoms with Gasteiger partial charge in [0.15, 0.2) is 18.1 Å². The van der Waals surface area contributed by atoms with Gasteiger partial charge in [0.25, 0.3) is 5.91 Å². The van der Waals surface area contributed by atoms with Crippen LogP contribution in [0.5, 0.6) is 11.5 Å². The maximum Gasteiger partial charge on any atom is 0.266 e. The molecule has 0 saturated carbocycles. The number of carbonyl (C=O) groups is 1. The van der Waals surface area contributed by atoms with Crippen molar-refractivity contribution in [2.45, 2.75) is 13.8 Å². The van der Waals surface area contributed by atoms with Gasteiger partial charge >= 0.3 is 0 Å². The highest BCUT2D eigenvalue weighted by Gasteiger charge is 2.15. The van der Waals surface area contributed by atoms with E-state index in [1.807, 2.05) is 38.1 Å². The van der Waals surface area contributed by atoms with E-state index in [-0.39, 0.29) is 23.0 Å². The summed E-state index contributed by atoms with van der Waals surface area (Å²) < 4.78 is 10.5. The van der Waals surface area contributed by atoms with E-state index in [1.165, 1.54) is 19.3 Å². The van der Waals surface area contributed by atoms with Crippen molar-refractivity contribution >= 4 is 29.3 Å². The summed E-state index contributed by atoms with van der Waals surface area (Å²) in [4.78, 5) is 12.5. The molecule has 0 radical (unpaired) electrons. The van der Waals surface area contributed by atoms with Crippen LogP contribution in [0, 0.1) is 36.5 Å². The van der Waals surface area contributed by atoms with Crippen LogP contribution in [-0.4, -0.2) is 19.6 Å². The molecule has 2 rings (SSSR count). The fourth-order valence-electron chi connectivity index (χ4n) is 2.46. The Hall–Kier alpha value is -3.48. The summed E-state index contributed by atoms with van der Waals surface area (Å²) in [6.07, 6.45) is 1.41. The zero-order valence-electron chi connectivity index (χ0n) is 15.7. The van der Waals surface area contributed by atoms with Gasteiger partial charge in [-0.2, -0.15) is 10.5 Å². The molecule has 0 bridgehead atoms. The van der Waals surface area contributed by atoms with Crippen molar-refractivity contribution in [3.63, 3.8) is 0 Å². The topological polar surface area (TPSA) is 95.1 Å². The van der Waals surface area contributed by atoms with E-state index in [0.29, 0.717) is 17.0 Å². The van der Waals surface area contributed by atoms with Crippen LogP contribution >= 0.6 is 11.6 Å². The predicted molar refractivity (Wildman–Crippen MR) is 107 cm³/mol. The molecular formula is C21H18ClN3O3. The first kappa shape index (κ1) is 20.8. The number of benzene rings is 2. The van der Waals surface area contributed by atoms with E-state index in [9.17, 15) is 10.1 Å². The highest BCUT2D eigenvalue weighted by molar-refractivity contribution is 6.32. The fraction of sp³-hybridized carbons (Fsp3) is 0.190. The van der Waals surface area contributed by atoms with Crippen LogP contribution in [0.4, 0.5) is 5.69 Å². The van der Waals surface area contributed by atoms with Gasteiger partial charge in [-0.3, -0.25) is 4.79 Å². The Morgan fingerprint density at radius 3 is 2.68 bits per heavy atom. The summed E-state index contributed by atoms with van der Waals surface area (Å²) in [6.45, 7) is 3.65. The molecule has 142 valence electrons. The van der Waals surface area contributed by atoms with Crippen LogP contribution in [0.1, 0.15) is 16.7 Å². The third kappa shape index (κ3) is 4.82. The van der Waals surface area contributed by atoms with Crippen LogP contribution < -0.4 is 14.8 Å². The monoisotopic (exact) mass is 395 g/mol. The number of nitriles is 2. The predicted octanol–water partition coefficient (Wildman–Crippen LogP) is 4.41. The molecule has 1 N–H and O–H groups in total. The fourth-order valence-corrected chi connectivity index (χ4v) is 2.73. The number of anilines is 1. The average molecular weight is 396 g/mol. The van der Waals surface area contributed by atoms with E-state index >= 15 is 0 Å². The number of methoxy groups -OCH3 is 1. The second-order valence-corrected chi connectivity index (χ2v) is 6.26. The van der Waals surface area contributed by atoms with E-state index in [4.69, 9.17) is 26.3 Å². The standard InChI is InChI=1S/C21H18ClN3O3/c1-13-5-4-6-18(14(13)2)25-21(26)16(12-24)9-15-10-17(22)20(28-8-7-23)19(11-15)27-3/h4-6,9-11H,8H2,1-3H3,(H,25,26)/b16-9+. The number of nitrogens with zero attached hydrogens (tertiary/aromatic N) is 2. The molecule has 28 heavy (non-hydrogen) atoms. The van der Waals surface area contributed by atoms with Gasteiger partial charge in [-0.25, -0.2) is 0 Å². The number of hydrogen-bond donors (Lipinski definition) is 1. The normalized spacial score (nSPS) is 10.6. The SMILES string of the molecule is COc1cc(/C=C(\C#N)C(=O)Nc2cccc(C)c2C)cc(Cl)c1OCC#N. The lowest BCUT2D eigenvalue weighted by molar-refractivity contribution is -0.112. The number of ether oxygens (including phenoxy) is 2. The molecule has 6 nitrogen and oxygen atoms in total. The second kappa shape index (κ2) is 9.45. The Morgan fingerprint density at radius 2 is 2.04 bits per heavy atom. The van der Waals surface area contributed by atoms with Crippen molar-refractivity contribution in [1.29, 1.82) is 10.5 Å². The van der Waals surface area contributed by atoms with Crippen LogP contribution in [-0.2, 0) is 4.79 Å². The van der Waals surface area contributed by atoms with E-state index in [1.54, 1.807) is 12.1 Å². The van der Waals surface area contributed by atoms with Crippen LogP contribution in [0.3, 0.4) is 0 Å². The zero-order chi connectivity index (χ0) is 20.7. The van der Waals surface area contributed by atoms with Gasteiger partial charge in [0.1, 0.15) is 17.7 Å². The van der Waals surface area contributed by atoms with Crippen LogP contribution in [0.15, 0.2) is 35.9 Å². The zero-order valence-corrected chi connectivity index (χ0v) is 16.4. The smallest absolute Gasteiger partial charge is 0.266 e. The highest BCUT2D eigenvalue weighted by atomic mass is 35.5. The molecule has 0 spiro atoms. The Balaban J connectivity index is 2.34. The molecule has 2 aromatic carbocycles. The van der Waals surface area contributed by atoms with Crippen molar-refractivity contribution in [3.8, 4) is 23.6 Å². The maximum atomic E-state index is 12.5. The van der Waals surface area contributed by atoms with Gasteiger partial charge in [0, 0.05) is 5.69 Å². The van der Waals surface area contributed by atoms with Crippen LogP contribution in [0.25, 0.3) is 6.08 Å². The molecule has 1 amide bonds. The molecule has 0 aliphatic rings. The summed E-state index contributed by atoms with van der Waals surface area (Å²) in [7, 11) is 1.43. The van der Waals surface area contributed by atoms with E-state index in [0.717, 1.165) is 11.1 Å². The third-order valence-corrected chi connectivity index (χ3v) is 4.34. The lowest BCUT2D eigenvalue weighted by Gasteiger charge is -2.12. The molecule has 0 heterocycles. The lowest BCUT2D eigenvalue weighted by Crippen LogP contribution is -2.14. The molecule has 0 saturated heterocycles. The van der Waals surface area contributed by atoms with E-state index < -0.39 is 5.91 Å². The molecule has 0 aliphatic carbocycles. The van der Waals surface area contributed by atoms with Crippen molar-refractivity contribution in [2.75, 3.05) is 19.0 Å². The average Bonchev–Trinajstić information content (AvgIpc) is 2.68. The minimum absolute atomic E-state index is 0.0929. The Bertz CT molecular complexity index is 1020. The van der Waals surface area contributed by atoms with Gasteiger partial charge in [-0.1, -0.05) is 23.7 Å². The molecule has 0 fully saturated rings. The molecule has 7 heteroatoms. The highest BCUT2D eigenvalue weighted by Crippen LogP contribution is 2.37. The summed E-state index contributed by atoms with van der Waals surface area (Å²) in [5.41, 5.74) is 2.99. The number of carbonyl (C=O) groups excluding carboxylic acids is 1. The Labute approximate surface area is 168 Å². The molecule has 0 unspecified atom stereocenters. The minimum Gasteiger partial charge on any atom is -0.493 e. The first-order chi connectivity index (χ1) is 13.4. The summed E-state index contributed by atoms with van der Waals surface area (Å²) in [5, 5.41) is 21.0. The first-order valence-corrected chi connectivity index (χ1v) is 8.65. The molecule has 0 aliphatic heterocycles. The van der Waals surface area contributed by atoms with Gasteiger partial charge in [-0.15, -0.1) is 0 Å². The van der Waals surface area contributed by atoms with Gasteiger partial charge in [-0.05, 0) is 54.8 Å².